The lowest BCUT2D eigenvalue weighted by molar-refractivity contribution is -0.127. The van der Waals surface area contributed by atoms with Crippen LogP contribution < -0.4 is 10.1 Å². The van der Waals surface area contributed by atoms with Gasteiger partial charge in [-0.15, -0.1) is 0 Å². The highest BCUT2D eigenvalue weighted by Crippen LogP contribution is 2.32. The lowest BCUT2D eigenvalue weighted by atomic mass is 10.1. The van der Waals surface area contributed by atoms with Crippen LogP contribution in [0.25, 0.3) is 6.08 Å². The molecule has 2 heterocycles. The van der Waals surface area contributed by atoms with E-state index in [1.807, 2.05) is 31.2 Å². The Kier molecular flexibility index (Phi) is 6.03. The molecule has 2 aliphatic heterocycles. The summed E-state index contributed by atoms with van der Waals surface area (Å²) >= 11 is 0. The number of ether oxygens (including phenoxy) is 1. The zero-order valence-corrected chi connectivity index (χ0v) is 18.8. The van der Waals surface area contributed by atoms with Gasteiger partial charge in [0.1, 0.15) is 5.75 Å². The van der Waals surface area contributed by atoms with Crippen molar-refractivity contribution in [3.05, 3.63) is 59.7 Å². The second kappa shape index (κ2) is 8.76. The van der Waals surface area contributed by atoms with Crippen molar-refractivity contribution in [3.63, 3.8) is 0 Å². The Bertz CT molecular complexity index is 1170. The lowest BCUT2D eigenvalue weighted by Gasteiger charge is -2.33. The van der Waals surface area contributed by atoms with Crippen LogP contribution in [0.2, 0.25) is 0 Å². The highest BCUT2D eigenvalue weighted by molar-refractivity contribution is 7.89. The van der Waals surface area contributed by atoms with Gasteiger partial charge in [0.05, 0.1) is 10.6 Å². The first-order valence-corrected chi connectivity index (χ1v) is 11.8. The maximum atomic E-state index is 13.1. The molecule has 8 nitrogen and oxygen atoms in total. The van der Waals surface area contributed by atoms with E-state index in [1.165, 1.54) is 22.5 Å². The molecule has 0 saturated carbocycles. The fourth-order valence-electron chi connectivity index (χ4n) is 3.60. The average Bonchev–Trinajstić information content (AvgIpc) is 2.79. The van der Waals surface area contributed by atoms with E-state index in [-0.39, 0.29) is 29.8 Å². The molecule has 0 bridgehead atoms. The van der Waals surface area contributed by atoms with Crippen molar-refractivity contribution >= 4 is 33.6 Å². The summed E-state index contributed by atoms with van der Waals surface area (Å²) in [6, 6.07) is 12.3. The molecule has 1 N–H and O–H groups in total. The van der Waals surface area contributed by atoms with E-state index in [9.17, 15) is 18.0 Å². The molecule has 4 rings (SSSR count). The Morgan fingerprint density at radius 1 is 1.09 bits per heavy atom. The predicted octanol–water partition coefficient (Wildman–Crippen LogP) is 2.26. The number of rotatable bonds is 4. The van der Waals surface area contributed by atoms with Crippen molar-refractivity contribution in [2.75, 3.05) is 31.5 Å². The van der Waals surface area contributed by atoms with Crippen molar-refractivity contribution in [2.45, 2.75) is 24.8 Å². The van der Waals surface area contributed by atoms with Crippen LogP contribution in [0.1, 0.15) is 18.1 Å². The van der Waals surface area contributed by atoms with Crippen molar-refractivity contribution in [3.8, 4) is 5.75 Å². The highest BCUT2D eigenvalue weighted by atomic mass is 32.2. The number of amides is 2. The van der Waals surface area contributed by atoms with E-state index < -0.39 is 16.1 Å². The summed E-state index contributed by atoms with van der Waals surface area (Å²) in [6.45, 7) is 4.63. The summed E-state index contributed by atoms with van der Waals surface area (Å²) in [5.41, 5.74) is 2.42. The Labute approximate surface area is 187 Å². The minimum absolute atomic E-state index is 0.0775. The third-order valence-electron chi connectivity index (χ3n) is 5.57. The molecule has 2 amide bonds. The first kappa shape index (κ1) is 22.0. The number of anilines is 1. The van der Waals surface area contributed by atoms with Gasteiger partial charge in [0.15, 0.2) is 6.10 Å². The predicted molar refractivity (Wildman–Crippen MR) is 121 cm³/mol. The molecule has 0 spiro atoms. The molecule has 1 atom stereocenters. The summed E-state index contributed by atoms with van der Waals surface area (Å²) in [4.78, 5) is 26.1. The molecule has 0 radical (unpaired) electrons. The zero-order valence-electron chi connectivity index (χ0n) is 17.9. The molecule has 0 aromatic heterocycles. The molecule has 32 heavy (non-hydrogen) atoms. The molecule has 1 unspecified atom stereocenters. The number of nitrogens with zero attached hydrogens (tertiary/aromatic N) is 2. The van der Waals surface area contributed by atoms with Gasteiger partial charge < -0.3 is 15.0 Å². The van der Waals surface area contributed by atoms with E-state index in [4.69, 9.17) is 4.74 Å². The van der Waals surface area contributed by atoms with Gasteiger partial charge in [-0.25, -0.2) is 8.42 Å². The van der Waals surface area contributed by atoms with Crippen molar-refractivity contribution in [1.82, 2.24) is 9.21 Å². The number of hydrogen-bond donors (Lipinski definition) is 1. The number of nitrogens with one attached hydrogen (secondary N) is 1. The van der Waals surface area contributed by atoms with Crippen LogP contribution in [0.3, 0.4) is 0 Å². The van der Waals surface area contributed by atoms with Crippen LogP contribution in [0, 0.1) is 6.92 Å². The van der Waals surface area contributed by atoms with Crippen LogP contribution in [-0.4, -0.2) is 61.7 Å². The first-order valence-electron chi connectivity index (χ1n) is 10.4. The van der Waals surface area contributed by atoms with E-state index >= 15 is 0 Å². The van der Waals surface area contributed by atoms with Crippen LogP contribution >= 0.6 is 0 Å². The first-order chi connectivity index (χ1) is 15.2. The monoisotopic (exact) mass is 455 g/mol. The van der Waals surface area contributed by atoms with Gasteiger partial charge in [0, 0.05) is 32.3 Å². The number of carbonyl (C=O) groups excluding carboxylic acids is 2. The maximum Gasteiger partial charge on any atom is 0.265 e. The fraction of sp³-hybridized carbons (Fsp3) is 0.304. The number of sulfonamides is 1. The van der Waals surface area contributed by atoms with E-state index in [2.05, 4.69) is 5.32 Å². The van der Waals surface area contributed by atoms with Gasteiger partial charge in [0.2, 0.25) is 15.9 Å². The number of carbonyl (C=O) groups is 2. The van der Waals surface area contributed by atoms with E-state index in [0.29, 0.717) is 24.5 Å². The van der Waals surface area contributed by atoms with Crippen LogP contribution in [0.4, 0.5) is 5.69 Å². The topological polar surface area (TPSA) is 96.0 Å². The number of aryl methyl sites for hydroxylation is 1. The summed E-state index contributed by atoms with van der Waals surface area (Å²) in [5, 5.41) is 2.67. The fourth-order valence-corrected chi connectivity index (χ4v) is 5.05. The number of hydrogen-bond acceptors (Lipinski definition) is 5. The molecule has 9 heteroatoms. The SMILES string of the molecule is Cc1ccc(C=CC(=O)N2CCN(S(=O)(=O)c3ccc4c(c3)NC(=O)C(C)O4)CC2)cc1. The molecule has 168 valence electrons. The van der Waals surface area contributed by atoms with Gasteiger partial charge in [-0.3, -0.25) is 9.59 Å². The molecular formula is C23H25N3O5S. The number of piperazine rings is 1. The quantitative estimate of drug-likeness (QED) is 0.714. The van der Waals surface area contributed by atoms with Gasteiger partial charge >= 0.3 is 0 Å². The van der Waals surface area contributed by atoms with Gasteiger partial charge in [-0.2, -0.15) is 4.31 Å². The second-order valence-electron chi connectivity index (χ2n) is 7.88. The average molecular weight is 456 g/mol. The largest absolute Gasteiger partial charge is 0.479 e. The Hall–Kier alpha value is -3.17. The van der Waals surface area contributed by atoms with Crippen LogP contribution in [-0.2, 0) is 19.6 Å². The van der Waals surface area contributed by atoms with Crippen molar-refractivity contribution in [2.24, 2.45) is 0 Å². The Morgan fingerprint density at radius 2 is 1.78 bits per heavy atom. The smallest absolute Gasteiger partial charge is 0.265 e. The zero-order chi connectivity index (χ0) is 22.9. The van der Waals surface area contributed by atoms with E-state index in [1.54, 1.807) is 24.0 Å². The Morgan fingerprint density at radius 3 is 2.47 bits per heavy atom. The minimum atomic E-state index is -3.76. The van der Waals surface area contributed by atoms with Crippen molar-refractivity contribution < 1.29 is 22.7 Å². The van der Waals surface area contributed by atoms with Crippen LogP contribution in [0.5, 0.6) is 5.75 Å². The van der Waals surface area contributed by atoms with Crippen LogP contribution in [0.15, 0.2) is 53.4 Å². The normalized spacial score (nSPS) is 19.4. The molecule has 0 aliphatic carbocycles. The third kappa shape index (κ3) is 4.53. The lowest BCUT2D eigenvalue weighted by Crippen LogP contribution is -2.50. The summed E-state index contributed by atoms with van der Waals surface area (Å²) in [5.74, 6) is -0.0323. The standard InChI is InChI=1S/C23H25N3O5S/c1-16-3-5-18(6-4-16)7-10-22(27)25-11-13-26(14-12-25)32(29,30)19-8-9-21-20(15-19)24-23(28)17(2)31-21/h3-10,15,17H,11-14H2,1-2H3,(H,24,28). The molecule has 2 aromatic rings. The summed E-state index contributed by atoms with van der Waals surface area (Å²) < 4.78 is 33.0. The Balaban J connectivity index is 1.40. The third-order valence-corrected chi connectivity index (χ3v) is 7.46. The summed E-state index contributed by atoms with van der Waals surface area (Å²) in [6.07, 6.45) is 2.65. The van der Waals surface area contributed by atoms with Crippen molar-refractivity contribution in [1.29, 1.82) is 0 Å². The number of benzene rings is 2. The maximum absolute atomic E-state index is 13.1. The molecule has 1 fully saturated rings. The highest BCUT2D eigenvalue weighted by Gasteiger charge is 2.31. The molecular weight excluding hydrogens is 430 g/mol. The number of fused-ring (bicyclic) bond motifs is 1. The molecule has 2 aliphatic rings. The minimum Gasteiger partial charge on any atom is -0.479 e. The van der Waals surface area contributed by atoms with Gasteiger partial charge in [-0.05, 0) is 43.7 Å². The summed E-state index contributed by atoms with van der Waals surface area (Å²) in [7, 11) is -3.76. The second-order valence-corrected chi connectivity index (χ2v) is 9.82. The molecule has 2 aromatic carbocycles. The van der Waals surface area contributed by atoms with E-state index in [0.717, 1.165) is 11.1 Å². The van der Waals surface area contributed by atoms with Gasteiger partial charge in [-0.1, -0.05) is 29.8 Å². The molecule has 1 saturated heterocycles. The van der Waals surface area contributed by atoms with Gasteiger partial charge in [0.25, 0.3) is 5.91 Å².